The standard InChI is InChI=1S/C18H18BrClN2O3S/c1-11(25-15-9-8-12(20)10-13(15)19)17(23)21-14-6-4-5-7-16(14)26-18(24)22(2)3/h4-11H,1-3H3,(H,21,23). The first kappa shape index (κ1) is 20.6. The van der Waals surface area contributed by atoms with Crippen molar-refractivity contribution in [1.29, 1.82) is 0 Å². The molecule has 0 saturated carbocycles. The maximum Gasteiger partial charge on any atom is 0.286 e. The van der Waals surface area contributed by atoms with Crippen LogP contribution in [0.4, 0.5) is 10.5 Å². The van der Waals surface area contributed by atoms with Gasteiger partial charge in [0.15, 0.2) is 6.10 Å². The molecular weight excluding hydrogens is 440 g/mol. The predicted molar refractivity (Wildman–Crippen MR) is 109 cm³/mol. The summed E-state index contributed by atoms with van der Waals surface area (Å²) in [6, 6.07) is 12.2. The summed E-state index contributed by atoms with van der Waals surface area (Å²) in [5.74, 6) is 0.194. The third-order valence-electron chi connectivity index (χ3n) is 3.27. The molecule has 1 N–H and O–H groups in total. The molecule has 5 nitrogen and oxygen atoms in total. The molecule has 8 heteroatoms. The van der Waals surface area contributed by atoms with Gasteiger partial charge in [-0.2, -0.15) is 0 Å². The topological polar surface area (TPSA) is 58.6 Å². The Morgan fingerprint density at radius 1 is 1.23 bits per heavy atom. The van der Waals surface area contributed by atoms with E-state index in [2.05, 4.69) is 21.2 Å². The molecule has 0 aliphatic carbocycles. The van der Waals surface area contributed by atoms with Crippen LogP contribution in [0.2, 0.25) is 5.02 Å². The molecule has 0 aromatic heterocycles. The Labute approximate surface area is 170 Å². The number of halogens is 2. The summed E-state index contributed by atoms with van der Waals surface area (Å²) in [6.45, 7) is 1.65. The molecule has 0 saturated heterocycles. The van der Waals surface area contributed by atoms with Crippen LogP contribution in [0.5, 0.6) is 5.75 Å². The first-order valence-electron chi connectivity index (χ1n) is 7.68. The van der Waals surface area contributed by atoms with Crippen LogP contribution in [0.1, 0.15) is 6.92 Å². The summed E-state index contributed by atoms with van der Waals surface area (Å²) in [6.07, 6.45) is -0.741. The van der Waals surface area contributed by atoms with Gasteiger partial charge in [-0.15, -0.1) is 0 Å². The van der Waals surface area contributed by atoms with E-state index in [1.807, 2.05) is 6.07 Å². The third kappa shape index (κ3) is 5.65. The van der Waals surface area contributed by atoms with Crippen LogP contribution in [0.3, 0.4) is 0 Å². The Balaban J connectivity index is 2.08. The maximum absolute atomic E-state index is 12.5. The zero-order valence-electron chi connectivity index (χ0n) is 14.5. The number of nitrogens with zero attached hydrogens (tertiary/aromatic N) is 1. The summed E-state index contributed by atoms with van der Waals surface area (Å²) in [7, 11) is 3.35. The Morgan fingerprint density at radius 2 is 1.92 bits per heavy atom. The van der Waals surface area contributed by atoms with Crippen molar-refractivity contribution in [3.63, 3.8) is 0 Å². The van der Waals surface area contributed by atoms with Crippen molar-refractivity contribution >= 4 is 56.1 Å². The summed E-state index contributed by atoms with van der Waals surface area (Å²) >= 11 is 10.3. The number of rotatable bonds is 5. The van der Waals surface area contributed by atoms with Gasteiger partial charge in [0.25, 0.3) is 11.1 Å². The maximum atomic E-state index is 12.5. The minimum atomic E-state index is -0.741. The fourth-order valence-corrected chi connectivity index (χ4v) is 3.42. The Morgan fingerprint density at radius 3 is 2.58 bits per heavy atom. The van der Waals surface area contributed by atoms with Crippen LogP contribution in [0.25, 0.3) is 0 Å². The minimum absolute atomic E-state index is 0.124. The molecule has 0 aliphatic rings. The molecule has 0 aliphatic heterocycles. The summed E-state index contributed by atoms with van der Waals surface area (Å²) < 4.78 is 6.36. The summed E-state index contributed by atoms with van der Waals surface area (Å²) in [5.41, 5.74) is 0.559. The predicted octanol–water partition coefficient (Wildman–Crippen LogP) is 5.28. The molecular formula is C18H18BrClN2O3S. The van der Waals surface area contributed by atoms with Crippen molar-refractivity contribution < 1.29 is 14.3 Å². The second-order valence-electron chi connectivity index (χ2n) is 5.58. The lowest BCUT2D eigenvalue weighted by Crippen LogP contribution is -2.30. The smallest absolute Gasteiger partial charge is 0.286 e. The molecule has 2 amide bonds. The average Bonchev–Trinajstić information content (AvgIpc) is 2.58. The molecule has 0 spiro atoms. The van der Waals surface area contributed by atoms with Gasteiger partial charge in [0.1, 0.15) is 5.75 Å². The van der Waals surface area contributed by atoms with E-state index in [1.54, 1.807) is 57.4 Å². The van der Waals surface area contributed by atoms with Gasteiger partial charge < -0.3 is 15.0 Å². The van der Waals surface area contributed by atoms with Crippen molar-refractivity contribution in [1.82, 2.24) is 4.90 Å². The molecule has 26 heavy (non-hydrogen) atoms. The number of hydrogen-bond acceptors (Lipinski definition) is 4. The van der Waals surface area contributed by atoms with Crippen molar-refractivity contribution in [2.75, 3.05) is 19.4 Å². The lowest BCUT2D eigenvalue weighted by atomic mass is 10.3. The number of nitrogens with one attached hydrogen (secondary N) is 1. The Kier molecular flexibility index (Phi) is 7.37. The van der Waals surface area contributed by atoms with Gasteiger partial charge in [-0.05, 0) is 64.9 Å². The van der Waals surface area contributed by atoms with Gasteiger partial charge in [-0.1, -0.05) is 23.7 Å². The number of amides is 2. The van der Waals surface area contributed by atoms with Crippen LogP contribution in [-0.4, -0.2) is 36.2 Å². The van der Waals surface area contributed by atoms with E-state index in [0.717, 1.165) is 11.8 Å². The first-order chi connectivity index (χ1) is 12.3. The number of benzene rings is 2. The van der Waals surface area contributed by atoms with Gasteiger partial charge in [0, 0.05) is 24.0 Å². The number of carbonyl (C=O) groups is 2. The van der Waals surface area contributed by atoms with Gasteiger partial charge in [0.2, 0.25) is 0 Å². The molecule has 2 aromatic rings. The molecule has 0 bridgehead atoms. The van der Waals surface area contributed by atoms with E-state index in [-0.39, 0.29) is 11.1 Å². The van der Waals surface area contributed by atoms with Crippen LogP contribution in [-0.2, 0) is 4.79 Å². The molecule has 2 aromatic carbocycles. The van der Waals surface area contributed by atoms with Gasteiger partial charge in [-0.25, -0.2) is 0 Å². The van der Waals surface area contributed by atoms with Crippen molar-refractivity contribution in [2.45, 2.75) is 17.9 Å². The zero-order valence-corrected chi connectivity index (χ0v) is 17.6. The molecule has 2 rings (SSSR count). The second-order valence-corrected chi connectivity index (χ2v) is 7.87. The number of thioether (sulfide) groups is 1. The summed E-state index contributed by atoms with van der Waals surface area (Å²) in [4.78, 5) is 26.6. The molecule has 1 unspecified atom stereocenters. The SMILES string of the molecule is CC(Oc1ccc(Cl)cc1Br)C(=O)Nc1ccccc1SC(=O)N(C)C. The van der Waals surface area contributed by atoms with Crippen LogP contribution < -0.4 is 10.1 Å². The highest BCUT2D eigenvalue weighted by molar-refractivity contribution is 9.10. The van der Waals surface area contributed by atoms with E-state index < -0.39 is 6.10 Å². The summed E-state index contributed by atoms with van der Waals surface area (Å²) in [5, 5.41) is 3.25. The van der Waals surface area contributed by atoms with Gasteiger partial charge in [-0.3, -0.25) is 9.59 Å². The number of anilines is 1. The van der Waals surface area contributed by atoms with E-state index in [4.69, 9.17) is 16.3 Å². The number of para-hydroxylation sites is 1. The molecule has 138 valence electrons. The Bertz CT molecular complexity index is 817. The fourth-order valence-electron chi connectivity index (χ4n) is 1.89. The van der Waals surface area contributed by atoms with Crippen molar-refractivity contribution in [3.05, 3.63) is 52.0 Å². The monoisotopic (exact) mass is 456 g/mol. The zero-order chi connectivity index (χ0) is 19.3. The van der Waals surface area contributed by atoms with Gasteiger partial charge in [0.05, 0.1) is 10.2 Å². The first-order valence-corrected chi connectivity index (χ1v) is 9.67. The Hall–Kier alpha value is -1.70. The second kappa shape index (κ2) is 9.30. The minimum Gasteiger partial charge on any atom is -0.480 e. The van der Waals surface area contributed by atoms with Crippen molar-refractivity contribution in [2.24, 2.45) is 0 Å². The quantitative estimate of drug-likeness (QED) is 0.620. The highest BCUT2D eigenvalue weighted by Crippen LogP contribution is 2.30. The normalized spacial score (nSPS) is 11.6. The van der Waals surface area contributed by atoms with Crippen molar-refractivity contribution in [3.8, 4) is 5.75 Å². The van der Waals surface area contributed by atoms with Crippen LogP contribution in [0.15, 0.2) is 51.8 Å². The van der Waals surface area contributed by atoms with Crippen LogP contribution in [0, 0.1) is 0 Å². The van der Waals surface area contributed by atoms with Crippen LogP contribution >= 0.6 is 39.3 Å². The molecule has 0 fully saturated rings. The highest BCUT2D eigenvalue weighted by atomic mass is 79.9. The molecule has 0 radical (unpaired) electrons. The number of ether oxygens (including phenoxy) is 1. The van der Waals surface area contributed by atoms with E-state index in [9.17, 15) is 9.59 Å². The van der Waals surface area contributed by atoms with Gasteiger partial charge >= 0.3 is 0 Å². The highest BCUT2D eigenvalue weighted by Gasteiger charge is 2.18. The molecule has 1 atom stereocenters. The lowest BCUT2D eigenvalue weighted by Gasteiger charge is -2.17. The van der Waals surface area contributed by atoms with E-state index >= 15 is 0 Å². The van der Waals surface area contributed by atoms with E-state index in [1.165, 1.54) is 4.90 Å². The average molecular weight is 458 g/mol. The van der Waals surface area contributed by atoms with E-state index in [0.29, 0.717) is 25.8 Å². The third-order valence-corrected chi connectivity index (χ3v) is 5.24. The molecule has 0 heterocycles. The fraction of sp³-hybridized carbons (Fsp3) is 0.222. The lowest BCUT2D eigenvalue weighted by molar-refractivity contribution is -0.122. The largest absolute Gasteiger partial charge is 0.480 e. The number of carbonyl (C=O) groups excluding carboxylic acids is 2. The number of hydrogen-bond donors (Lipinski definition) is 1.